The maximum atomic E-state index is 5.74. The van der Waals surface area contributed by atoms with Gasteiger partial charge in [0, 0.05) is 22.4 Å². The van der Waals surface area contributed by atoms with Crippen LogP contribution in [0.1, 0.15) is 11.4 Å². The van der Waals surface area contributed by atoms with E-state index >= 15 is 0 Å². The van der Waals surface area contributed by atoms with Crippen molar-refractivity contribution in [3.05, 3.63) is 40.3 Å². The van der Waals surface area contributed by atoms with Crippen molar-refractivity contribution in [2.24, 2.45) is 0 Å². The number of anilines is 1. The Morgan fingerprint density at radius 3 is 2.71 bits per heavy atom. The molecule has 0 aliphatic carbocycles. The first kappa shape index (κ1) is 11.9. The molecule has 0 unspecified atom stereocenters. The lowest BCUT2D eigenvalue weighted by Gasteiger charge is -2.08. The Kier molecular flexibility index (Phi) is 3.28. The van der Waals surface area contributed by atoms with Crippen LogP contribution >= 0.6 is 15.9 Å². The average Bonchev–Trinajstić information content (AvgIpc) is 2.22. The standard InChI is InChI=1S/C12H12BrN3O/c1-7-6-15-8(2)12(16-7)17-11-4-9(13)3-10(14)5-11/h3-6H,14H2,1-2H3. The maximum Gasteiger partial charge on any atom is 0.241 e. The molecule has 0 fully saturated rings. The van der Waals surface area contributed by atoms with Gasteiger partial charge in [0.15, 0.2) is 0 Å². The highest BCUT2D eigenvalue weighted by Crippen LogP contribution is 2.27. The summed E-state index contributed by atoms with van der Waals surface area (Å²) in [4.78, 5) is 8.48. The van der Waals surface area contributed by atoms with Crippen LogP contribution in [-0.2, 0) is 0 Å². The second-order valence-corrected chi connectivity index (χ2v) is 4.64. The lowest BCUT2D eigenvalue weighted by Crippen LogP contribution is -1.96. The van der Waals surface area contributed by atoms with Crippen molar-refractivity contribution < 1.29 is 4.74 Å². The fraction of sp³-hybridized carbons (Fsp3) is 0.167. The molecule has 2 aromatic rings. The van der Waals surface area contributed by atoms with Crippen LogP contribution < -0.4 is 10.5 Å². The van der Waals surface area contributed by atoms with Crippen molar-refractivity contribution in [3.8, 4) is 11.6 Å². The van der Waals surface area contributed by atoms with Crippen LogP contribution in [0.4, 0.5) is 5.69 Å². The van der Waals surface area contributed by atoms with Crippen molar-refractivity contribution >= 4 is 21.6 Å². The van der Waals surface area contributed by atoms with E-state index < -0.39 is 0 Å². The van der Waals surface area contributed by atoms with Gasteiger partial charge in [-0.2, -0.15) is 0 Å². The number of hydrogen-bond acceptors (Lipinski definition) is 4. The van der Waals surface area contributed by atoms with E-state index in [0.717, 1.165) is 15.9 Å². The fourth-order valence-electron chi connectivity index (χ4n) is 1.37. The predicted octanol–water partition coefficient (Wildman–Crippen LogP) is 3.23. The van der Waals surface area contributed by atoms with E-state index in [2.05, 4.69) is 25.9 Å². The van der Waals surface area contributed by atoms with E-state index in [9.17, 15) is 0 Å². The summed E-state index contributed by atoms with van der Waals surface area (Å²) in [5, 5.41) is 0. The summed E-state index contributed by atoms with van der Waals surface area (Å²) in [6, 6.07) is 5.38. The van der Waals surface area contributed by atoms with Crippen LogP contribution in [0, 0.1) is 13.8 Å². The van der Waals surface area contributed by atoms with Gasteiger partial charge >= 0.3 is 0 Å². The molecule has 0 spiro atoms. The summed E-state index contributed by atoms with van der Waals surface area (Å²) in [6.45, 7) is 3.72. The molecule has 0 aliphatic rings. The monoisotopic (exact) mass is 293 g/mol. The third-order valence-electron chi connectivity index (χ3n) is 2.14. The van der Waals surface area contributed by atoms with Crippen molar-refractivity contribution in [2.75, 3.05) is 5.73 Å². The number of nitrogens with two attached hydrogens (primary N) is 1. The molecule has 5 heteroatoms. The molecule has 4 nitrogen and oxygen atoms in total. The van der Waals surface area contributed by atoms with Gasteiger partial charge in [-0.25, -0.2) is 4.98 Å². The minimum absolute atomic E-state index is 0.502. The van der Waals surface area contributed by atoms with Crippen molar-refractivity contribution in [1.29, 1.82) is 0 Å². The zero-order valence-corrected chi connectivity index (χ0v) is 11.2. The number of aromatic nitrogens is 2. The predicted molar refractivity (Wildman–Crippen MR) is 70.1 cm³/mol. The molecule has 2 N–H and O–H groups in total. The average molecular weight is 294 g/mol. The molecule has 0 bridgehead atoms. The second-order valence-electron chi connectivity index (χ2n) is 3.72. The first-order chi connectivity index (χ1) is 8.04. The molecule has 1 aromatic carbocycles. The smallest absolute Gasteiger partial charge is 0.241 e. The quantitative estimate of drug-likeness (QED) is 0.864. The molecule has 1 aromatic heterocycles. The highest BCUT2D eigenvalue weighted by atomic mass is 79.9. The van der Waals surface area contributed by atoms with Gasteiger partial charge in [-0.15, -0.1) is 0 Å². The summed E-state index contributed by atoms with van der Waals surface area (Å²) in [7, 11) is 0. The minimum Gasteiger partial charge on any atom is -0.437 e. The molecule has 0 radical (unpaired) electrons. The first-order valence-electron chi connectivity index (χ1n) is 5.09. The van der Waals surface area contributed by atoms with Gasteiger partial charge in [0.1, 0.15) is 5.75 Å². The summed E-state index contributed by atoms with van der Waals surface area (Å²) in [6.07, 6.45) is 1.71. The van der Waals surface area contributed by atoms with Crippen LogP contribution in [-0.4, -0.2) is 9.97 Å². The van der Waals surface area contributed by atoms with Crippen molar-refractivity contribution in [3.63, 3.8) is 0 Å². The number of nitrogen functional groups attached to an aromatic ring is 1. The van der Waals surface area contributed by atoms with Crippen molar-refractivity contribution in [1.82, 2.24) is 9.97 Å². The molecule has 0 atom stereocenters. The number of nitrogens with zero attached hydrogens (tertiary/aromatic N) is 2. The number of hydrogen-bond donors (Lipinski definition) is 1. The number of benzene rings is 1. The zero-order valence-electron chi connectivity index (χ0n) is 9.57. The van der Waals surface area contributed by atoms with Crippen LogP contribution in [0.25, 0.3) is 0 Å². The first-order valence-corrected chi connectivity index (χ1v) is 5.88. The lowest BCUT2D eigenvalue weighted by atomic mass is 10.3. The van der Waals surface area contributed by atoms with Gasteiger partial charge in [-0.05, 0) is 26.0 Å². The number of halogens is 1. The van der Waals surface area contributed by atoms with E-state index in [1.54, 1.807) is 12.3 Å². The van der Waals surface area contributed by atoms with Gasteiger partial charge in [0.05, 0.1) is 11.4 Å². The molecule has 0 aliphatic heterocycles. The summed E-state index contributed by atoms with van der Waals surface area (Å²) in [5.74, 6) is 1.14. The van der Waals surface area contributed by atoms with Crippen LogP contribution in [0.15, 0.2) is 28.9 Å². The Labute approximate surface area is 108 Å². The van der Waals surface area contributed by atoms with Crippen LogP contribution in [0.5, 0.6) is 11.6 Å². The number of rotatable bonds is 2. The zero-order chi connectivity index (χ0) is 12.4. The number of aryl methyl sites for hydroxylation is 2. The van der Waals surface area contributed by atoms with Gasteiger partial charge in [-0.1, -0.05) is 15.9 Å². The topological polar surface area (TPSA) is 61.0 Å². The molecular weight excluding hydrogens is 282 g/mol. The summed E-state index contributed by atoms with van der Waals surface area (Å²) < 4.78 is 6.53. The molecule has 88 valence electrons. The van der Waals surface area contributed by atoms with Crippen LogP contribution in [0.2, 0.25) is 0 Å². The van der Waals surface area contributed by atoms with Gasteiger partial charge in [-0.3, -0.25) is 4.98 Å². The van der Waals surface area contributed by atoms with E-state index in [1.807, 2.05) is 26.0 Å². The second kappa shape index (κ2) is 4.71. The van der Waals surface area contributed by atoms with E-state index in [-0.39, 0.29) is 0 Å². The summed E-state index contributed by atoms with van der Waals surface area (Å²) >= 11 is 3.36. The van der Waals surface area contributed by atoms with Gasteiger partial charge in [0.25, 0.3) is 0 Å². The Bertz CT molecular complexity index is 537. The molecule has 0 saturated heterocycles. The summed E-state index contributed by atoms with van der Waals surface area (Å²) in [5.41, 5.74) is 7.93. The van der Waals surface area contributed by atoms with E-state index in [1.165, 1.54) is 0 Å². The highest BCUT2D eigenvalue weighted by Gasteiger charge is 2.06. The maximum absolute atomic E-state index is 5.74. The third-order valence-corrected chi connectivity index (χ3v) is 2.60. The SMILES string of the molecule is Cc1cnc(C)c(Oc2cc(N)cc(Br)c2)n1. The Morgan fingerprint density at radius 2 is 2.00 bits per heavy atom. The molecule has 0 amide bonds. The molecule has 0 saturated carbocycles. The Hall–Kier alpha value is -1.62. The molecule has 2 rings (SSSR count). The highest BCUT2D eigenvalue weighted by molar-refractivity contribution is 9.10. The molecule has 17 heavy (non-hydrogen) atoms. The molecule has 1 heterocycles. The minimum atomic E-state index is 0.502. The Morgan fingerprint density at radius 1 is 1.24 bits per heavy atom. The number of ether oxygens (including phenoxy) is 1. The van der Waals surface area contributed by atoms with E-state index in [4.69, 9.17) is 10.5 Å². The van der Waals surface area contributed by atoms with Gasteiger partial charge in [0.2, 0.25) is 5.88 Å². The van der Waals surface area contributed by atoms with Crippen molar-refractivity contribution in [2.45, 2.75) is 13.8 Å². The molecular formula is C12H12BrN3O. The fourth-order valence-corrected chi connectivity index (χ4v) is 1.86. The Balaban J connectivity index is 2.34. The lowest BCUT2D eigenvalue weighted by molar-refractivity contribution is 0.454. The normalized spacial score (nSPS) is 10.3. The van der Waals surface area contributed by atoms with E-state index in [0.29, 0.717) is 17.3 Å². The third kappa shape index (κ3) is 2.94. The largest absolute Gasteiger partial charge is 0.437 e. The van der Waals surface area contributed by atoms with Crippen LogP contribution in [0.3, 0.4) is 0 Å². The van der Waals surface area contributed by atoms with Gasteiger partial charge < -0.3 is 10.5 Å².